The highest BCUT2D eigenvalue weighted by molar-refractivity contribution is 4.92. The maximum atomic E-state index is 5.90. The van der Waals surface area contributed by atoms with E-state index in [1.807, 2.05) is 11.6 Å². The Morgan fingerprint density at radius 1 is 1.69 bits per heavy atom. The molecule has 1 heterocycles. The third-order valence-electron chi connectivity index (χ3n) is 1.94. The maximum Gasteiger partial charge on any atom is 0.149 e. The number of hydrogen-bond donors (Lipinski definition) is 1. The molecule has 0 amide bonds. The molecular formula is C8H16N4O. The van der Waals surface area contributed by atoms with Crippen LogP contribution in [0.5, 0.6) is 0 Å². The van der Waals surface area contributed by atoms with Crippen molar-refractivity contribution in [2.24, 2.45) is 12.8 Å². The molecule has 0 saturated heterocycles. The SMILES string of the molecule is COCCCC(N)c1nncn1C. The smallest absolute Gasteiger partial charge is 0.149 e. The van der Waals surface area contributed by atoms with E-state index < -0.39 is 0 Å². The molecule has 0 aromatic carbocycles. The van der Waals surface area contributed by atoms with Crippen molar-refractivity contribution < 1.29 is 4.74 Å². The molecule has 2 N–H and O–H groups in total. The topological polar surface area (TPSA) is 66.0 Å². The van der Waals surface area contributed by atoms with Gasteiger partial charge < -0.3 is 15.0 Å². The minimum absolute atomic E-state index is 0.0392. The van der Waals surface area contributed by atoms with Crippen molar-refractivity contribution in [2.75, 3.05) is 13.7 Å². The second kappa shape index (κ2) is 4.94. The van der Waals surface area contributed by atoms with Crippen LogP contribution in [0, 0.1) is 0 Å². The van der Waals surface area contributed by atoms with Crippen LogP contribution in [-0.2, 0) is 11.8 Å². The standard InChI is InChI=1S/C8H16N4O/c1-12-6-10-11-8(12)7(9)4-3-5-13-2/h6-7H,3-5,9H2,1-2H3. The average molecular weight is 184 g/mol. The lowest BCUT2D eigenvalue weighted by Gasteiger charge is -2.09. The first kappa shape index (κ1) is 10.1. The summed E-state index contributed by atoms with van der Waals surface area (Å²) in [6, 6.07) is -0.0392. The molecule has 0 bridgehead atoms. The number of aromatic nitrogens is 3. The Morgan fingerprint density at radius 3 is 3.00 bits per heavy atom. The van der Waals surface area contributed by atoms with Crippen LogP contribution in [0.4, 0.5) is 0 Å². The lowest BCUT2D eigenvalue weighted by Crippen LogP contribution is -2.15. The normalized spacial score (nSPS) is 13.2. The highest BCUT2D eigenvalue weighted by atomic mass is 16.5. The first-order valence-corrected chi connectivity index (χ1v) is 4.34. The summed E-state index contributed by atoms with van der Waals surface area (Å²) in [5.41, 5.74) is 5.90. The number of ether oxygens (including phenoxy) is 1. The highest BCUT2D eigenvalue weighted by Gasteiger charge is 2.10. The molecule has 1 aromatic rings. The van der Waals surface area contributed by atoms with Gasteiger partial charge in [-0.1, -0.05) is 0 Å². The van der Waals surface area contributed by atoms with Gasteiger partial charge in [-0.05, 0) is 12.8 Å². The Bertz CT molecular complexity index is 248. The van der Waals surface area contributed by atoms with Crippen molar-refractivity contribution in [3.63, 3.8) is 0 Å². The van der Waals surface area contributed by atoms with Crippen molar-refractivity contribution in [1.29, 1.82) is 0 Å². The third kappa shape index (κ3) is 2.78. The van der Waals surface area contributed by atoms with Gasteiger partial charge in [0.1, 0.15) is 12.2 Å². The van der Waals surface area contributed by atoms with Crippen LogP contribution in [0.3, 0.4) is 0 Å². The molecule has 0 aliphatic rings. The fourth-order valence-electron chi connectivity index (χ4n) is 1.20. The molecular weight excluding hydrogens is 168 g/mol. The van der Waals surface area contributed by atoms with Crippen LogP contribution in [0.2, 0.25) is 0 Å². The number of nitrogens with zero attached hydrogens (tertiary/aromatic N) is 3. The third-order valence-corrected chi connectivity index (χ3v) is 1.94. The average Bonchev–Trinajstić information content (AvgIpc) is 2.52. The van der Waals surface area contributed by atoms with E-state index >= 15 is 0 Å². The predicted molar refractivity (Wildman–Crippen MR) is 49.0 cm³/mol. The van der Waals surface area contributed by atoms with Crippen LogP contribution in [-0.4, -0.2) is 28.5 Å². The molecule has 13 heavy (non-hydrogen) atoms. The number of nitrogens with two attached hydrogens (primary N) is 1. The van der Waals surface area contributed by atoms with Crippen molar-refractivity contribution in [2.45, 2.75) is 18.9 Å². The van der Waals surface area contributed by atoms with E-state index in [9.17, 15) is 0 Å². The zero-order valence-electron chi connectivity index (χ0n) is 8.10. The minimum Gasteiger partial charge on any atom is -0.385 e. The molecule has 0 spiro atoms. The lowest BCUT2D eigenvalue weighted by molar-refractivity contribution is 0.190. The fourth-order valence-corrected chi connectivity index (χ4v) is 1.20. The Morgan fingerprint density at radius 2 is 2.46 bits per heavy atom. The highest BCUT2D eigenvalue weighted by Crippen LogP contribution is 2.11. The van der Waals surface area contributed by atoms with Crippen LogP contribution in [0.15, 0.2) is 6.33 Å². The Balaban J connectivity index is 2.39. The van der Waals surface area contributed by atoms with E-state index in [-0.39, 0.29) is 6.04 Å². The molecule has 1 atom stereocenters. The molecule has 0 saturated carbocycles. The van der Waals surface area contributed by atoms with Crippen LogP contribution < -0.4 is 5.73 Å². The Labute approximate surface area is 77.9 Å². The second-order valence-electron chi connectivity index (χ2n) is 3.04. The largest absolute Gasteiger partial charge is 0.385 e. The first-order valence-electron chi connectivity index (χ1n) is 4.34. The number of hydrogen-bond acceptors (Lipinski definition) is 4. The first-order chi connectivity index (χ1) is 6.25. The zero-order chi connectivity index (χ0) is 9.68. The van der Waals surface area contributed by atoms with E-state index in [0.29, 0.717) is 0 Å². The van der Waals surface area contributed by atoms with E-state index in [4.69, 9.17) is 10.5 Å². The molecule has 5 heteroatoms. The van der Waals surface area contributed by atoms with Gasteiger partial charge in [0.2, 0.25) is 0 Å². The summed E-state index contributed by atoms with van der Waals surface area (Å²) in [7, 11) is 3.58. The molecule has 1 rings (SSSR count). The second-order valence-corrected chi connectivity index (χ2v) is 3.04. The molecule has 1 unspecified atom stereocenters. The molecule has 0 aliphatic heterocycles. The summed E-state index contributed by atoms with van der Waals surface area (Å²) >= 11 is 0. The van der Waals surface area contributed by atoms with Gasteiger partial charge in [-0.3, -0.25) is 0 Å². The van der Waals surface area contributed by atoms with E-state index in [1.165, 1.54) is 0 Å². The van der Waals surface area contributed by atoms with Gasteiger partial charge in [-0.25, -0.2) is 0 Å². The number of methoxy groups -OCH3 is 1. The molecule has 5 nitrogen and oxygen atoms in total. The predicted octanol–water partition coefficient (Wildman–Crippen LogP) is 0.241. The monoisotopic (exact) mass is 184 g/mol. The zero-order valence-corrected chi connectivity index (χ0v) is 8.10. The summed E-state index contributed by atoms with van der Waals surface area (Å²) in [6.45, 7) is 0.742. The fraction of sp³-hybridized carbons (Fsp3) is 0.750. The van der Waals surface area contributed by atoms with Crippen LogP contribution in [0.25, 0.3) is 0 Å². The lowest BCUT2D eigenvalue weighted by atomic mass is 10.1. The summed E-state index contributed by atoms with van der Waals surface area (Å²) in [4.78, 5) is 0. The van der Waals surface area contributed by atoms with Gasteiger partial charge in [0.15, 0.2) is 0 Å². The number of rotatable bonds is 5. The van der Waals surface area contributed by atoms with Crippen LogP contribution >= 0.6 is 0 Å². The van der Waals surface area contributed by atoms with E-state index in [1.54, 1.807) is 13.4 Å². The molecule has 0 aliphatic carbocycles. The number of aryl methyl sites for hydroxylation is 1. The van der Waals surface area contributed by atoms with Crippen molar-refractivity contribution in [3.8, 4) is 0 Å². The van der Waals surface area contributed by atoms with Crippen molar-refractivity contribution >= 4 is 0 Å². The molecule has 0 fully saturated rings. The van der Waals surface area contributed by atoms with Gasteiger partial charge in [-0.2, -0.15) is 0 Å². The quantitative estimate of drug-likeness (QED) is 0.666. The molecule has 1 aromatic heterocycles. The summed E-state index contributed by atoms with van der Waals surface area (Å²) in [5, 5.41) is 7.71. The van der Waals surface area contributed by atoms with Gasteiger partial charge in [0.25, 0.3) is 0 Å². The van der Waals surface area contributed by atoms with Gasteiger partial charge >= 0.3 is 0 Å². The van der Waals surface area contributed by atoms with E-state index in [2.05, 4.69) is 10.2 Å². The summed E-state index contributed by atoms with van der Waals surface area (Å²) < 4.78 is 6.79. The summed E-state index contributed by atoms with van der Waals surface area (Å²) in [5.74, 6) is 0.830. The maximum absolute atomic E-state index is 5.90. The van der Waals surface area contributed by atoms with Crippen LogP contribution in [0.1, 0.15) is 24.7 Å². The Kier molecular flexibility index (Phi) is 3.85. The molecule has 0 radical (unpaired) electrons. The van der Waals surface area contributed by atoms with Gasteiger partial charge in [0, 0.05) is 20.8 Å². The van der Waals surface area contributed by atoms with E-state index in [0.717, 1.165) is 25.3 Å². The van der Waals surface area contributed by atoms with Gasteiger partial charge in [-0.15, -0.1) is 10.2 Å². The van der Waals surface area contributed by atoms with Crippen molar-refractivity contribution in [3.05, 3.63) is 12.2 Å². The molecule has 74 valence electrons. The minimum atomic E-state index is -0.0392. The Hall–Kier alpha value is -0.940. The van der Waals surface area contributed by atoms with Crippen molar-refractivity contribution in [1.82, 2.24) is 14.8 Å². The summed E-state index contributed by atoms with van der Waals surface area (Å²) in [6.07, 6.45) is 3.48. The van der Waals surface area contributed by atoms with Gasteiger partial charge in [0.05, 0.1) is 6.04 Å².